The van der Waals surface area contributed by atoms with Gasteiger partial charge in [-0.3, -0.25) is 4.79 Å². The average Bonchev–Trinajstić information content (AvgIpc) is 3.20. The van der Waals surface area contributed by atoms with Crippen LogP contribution in [0.25, 0.3) is 11.1 Å². The van der Waals surface area contributed by atoms with Gasteiger partial charge in [0.15, 0.2) is 0 Å². The Morgan fingerprint density at radius 3 is 2.61 bits per heavy atom. The van der Waals surface area contributed by atoms with Crippen molar-refractivity contribution in [2.24, 2.45) is 5.73 Å². The van der Waals surface area contributed by atoms with Crippen LogP contribution in [0.2, 0.25) is 5.02 Å². The van der Waals surface area contributed by atoms with E-state index in [1.165, 1.54) is 18.2 Å². The number of nitrogens with zero attached hydrogens (tertiary/aromatic N) is 1. The van der Waals surface area contributed by atoms with Crippen molar-refractivity contribution in [2.75, 3.05) is 31.1 Å². The number of primary amides is 1. The number of benzene rings is 3. The number of hydrogen-bond donors (Lipinski definition) is 3. The van der Waals surface area contributed by atoms with Crippen LogP contribution in [0, 0.1) is 11.6 Å². The lowest BCUT2D eigenvalue weighted by atomic mass is 9.82. The largest absolute Gasteiger partial charge is 0.396 e. The minimum absolute atomic E-state index is 0. The molecule has 1 unspecified atom stereocenters. The highest BCUT2D eigenvalue weighted by Crippen LogP contribution is 2.52. The third-order valence-electron chi connectivity index (χ3n) is 7.16. The molecule has 9 heteroatoms. The Morgan fingerprint density at radius 2 is 1.92 bits per heavy atom. The predicted octanol–water partition coefficient (Wildman–Crippen LogP) is 4.59. The van der Waals surface area contributed by atoms with Crippen LogP contribution >= 0.6 is 24.0 Å². The van der Waals surface area contributed by atoms with Crippen molar-refractivity contribution in [3.63, 3.8) is 0 Å². The van der Waals surface area contributed by atoms with Crippen molar-refractivity contribution >= 4 is 35.6 Å². The second-order valence-electron chi connectivity index (χ2n) is 9.10. The van der Waals surface area contributed by atoms with E-state index in [2.05, 4.69) is 10.2 Å². The van der Waals surface area contributed by atoms with Gasteiger partial charge in [-0.15, -0.1) is 12.4 Å². The third kappa shape index (κ3) is 4.14. The Hall–Kier alpha value is -2.71. The van der Waals surface area contributed by atoms with Gasteiger partial charge in [0, 0.05) is 55.0 Å². The third-order valence-corrected chi connectivity index (χ3v) is 7.53. The second-order valence-corrected chi connectivity index (χ2v) is 9.48. The molecule has 36 heavy (non-hydrogen) atoms. The van der Waals surface area contributed by atoms with E-state index in [0.717, 1.165) is 5.56 Å². The maximum atomic E-state index is 16.0. The quantitative estimate of drug-likeness (QED) is 0.433. The monoisotopic (exact) mass is 533 g/mol. The molecule has 5 nitrogen and oxygen atoms in total. The summed E-state index contributed by atoms with van der Waals surface area (Å²) in [5, 5.41) is 12.4. The number of fused-ring (bicyclic) bond motifs is 3. The lowest BCUT2D eigenvalue weighted by Crippen LogP contribution is -2.57. The van der Waals surface area contributed by atoms with Crippen LogP contribution in [0.1, 0.15) is 33.5 Å². The lowest BCUT2D eigenvalue weighted by Gasteiger charge is -2.45. The van der Waals surface area contributed by atoms with E-state index >= 15 is 8.78 Å². The molecule has 5 rings (SSSR count). The number of aliphatic hydroxyl groups is 1. The molecule has 4 N–H and O–H groups in total. The van der Waals surface area contributed by atoms with Crippen molar-refractivity contribution in [1.82, 2.24) is 5.32 Å². The molecule has 0 spiro atoms. The average molecular weight is 534 g/mol. The standard InChI is InChI=1S/C27H26ClF2N3O2.ClH/c28-24-20(29)13-21-19(14-27(15-32-10-11-33(21)27)17-6-2-1-3-7-17)22(24)23-18(26(31)35)9-8-16(25(23)30)5-4-12-34;/h1-3,6-9,13,32,34H,4-5,10-12,14-15H2,(H2,31,35);1H. The highest BCUT2D eigenvalue weighted by Gasteiger charge is 2.48. The lowest BCUT2D eigenvalue weighted by molar-refractivity contribution is 0.100. The molecule has 2 aliphatic rings. The number of rotatable bonds is 6. The Balaban J connectivity index is 0.00000304. The molecule has 1 fully saturated rings. The number of nitrogens with two attached hydrogens (primary N) is 1. The van der Waals surface area contributed by atoms with Gasteiger partial charge in [-0.2, -0.15) is 0 Å². The summed E-state index contributed by atoms with van der Waals surface area (Å²) in [5.74, 6) is -2.17. The topological polar surface area (TPSA) is 78.6 Å². The number of carbonyl (C=O) groups excluding carboxylic acids is 1. The molecule has 1 atom stereocenters. The Labute approximate surface area is 219 Å². The summed E-state index contributed by atoms with van der Waals surface area (Å²) < 4.78 is 31.3. The molecule has 3 aromatic rings. The van der Waals surface area contributed by atoms with Crippen LogP contribution in [-0.4, -0.2) is 37.3 Å². The molecule has 3 aromatic carbocycles. The smallest absolute Gasteiger partial charge is 0.249 e. The Bertz CT molecular complexity index is 1310. The van der Waals surface area contributed by atoms with Gasteiger partial charge in [0.2, 0.25) is 5.91 Å². The van der Waals surface area contributed by atoms with Crippen LogP contribution in [0.5, 0.6) is 0 Å². The fourth-order valence-electron chi connectivity index (χ4n) is 5.57. The highest BCUT2D eigenvalue weighted by molar-refractivity contribution is 6.34. The summed E-state index contributed by atoms with van der Waals surface area (Å²) in [6, 6.07) is 14.3. The van der Waals surface area contributed by atoms with E-state index in [-0.39, 0.29) is 47.1 Å². The number of carbonyl (C=O) groups is 1. The summed E-state index contributed by atoms with van der Waals surface area (Å²) in [4.78, 5) is 14.5. The first-order valence-corrected chi connectivity index (χ1v) is 12.0. The predicted molar refractivity (Wildman–Crippen MR) is 140 cm³/mol. The molecule has 2 aliphatic heterocycles. The number of halogens is 4. The van der Waals surface area contributed by atoms with Crippen LogP contribution in [-0.2, 0) is 18.4 Å². The van der Waals surface area contributed by atoms with Gasteiger partial charge >= 0.3 is 0 Å². The van der Waals surface area contributed by atoms with Gasteiger partial charge in [-0.25, -0.2) is 8.78 Å². The van der Waals surface area contributed by atoms with E-state index in [4.69, 9.17) is 17.3 Å². The maximum Gasteiger partial charge on any atom is 0.249 e. The normalized spacial score (nSPS) is 18.4. The van der Waals surface area contributed by atoms with Crippen LogP contribution in [0.15, 0.2) is 48.5 Å². The number of hydrogen-bond acceptors (Lipinski definition) is 4. The molecule has 1 amide bonds. The van der Waals surface area contributed by atoms with E-state index in [9.17, 15) is 9.90 Å². The van der Waals surface area contributed by atoms with Gasteiger partial charge in [0.05, 0.1) is 10.6 Å². The fraction of sp³-hybridized carbons (Fsp3) is 0.296. The number of anilines is 1. The van der Waals surface area contributed by atoms with E-state index in [1.54, 1.807) is 0 Å². The molecule has 0 radical (unpaired) electrons. The number of aliphatic hydroxyl groups excluding tert-OH is 1. The summed E-state index contributed by atoms with van der Waals surface area (Å²) >= 11 is 6.54. The first kappa shape index (κ1) is 26.4. The van der Waals surface area contributed by atoms with Crippen molar-refractivity contribution in [3.8, 4) is 11.1 Å². The van der Waals surface area contributed by atoms with E-state index in [1.807, 2.05) is 30.3 Å². The van der Waals surface area contributed by atoms with Gasteiger partial charge in [0.25, 0.3) is 0 Å². The zero-order chi connectivity index (χ0) is 24.7. The Morgan fingerprint density at radius 1 is 1.17 bits per heavy atom. The number of nitrogens with one attached hydrogen (secondary N) is 1. The summed E-state index contributed by atoms with van der Waals surface area (Å²) in [7, 11) is 0. The minimum Gasteiger partial charge on any atom is -0.396 e. The van der Waals surface area contributed by atoms with Crippen molar-refractivity contribution in [2.45, 2.75) is 24.8 Å². The molecular weight excluding hydrogens is 507 g/mol. The van der Waals surface area contributed by atoms with Crippen molar-refractivity contribution in [1.29, 1.82) is 0 Å². The first-order valence-electron chi connectivity index (χ1n) is 11.7. The second kappa shape index (κ2) is 10.3. The number of amides is 1. The molecule has 0 saturated carbocycles. The Kier molecular flexibility index (Phi) is 7.57. The zero-order valence-corrected chi connectivity index (χ0v) is 21.1. The summed E-state index contributed by atoms with van der Waals surface area (Å²) in [6.07, 6.45) is 1.05. The summed E-state index contributed by atoms with van der Waals surface area (Å²) in [6.45, 7) is 1.85. The molecule has 0 aromatic heterocycles. The van der Waals surface area contributed by atoms with Crippen LogP contribution in [0.3, 0.4) is 0 Å². The van der Waals surface area contributed by atoms with Crippen molar-refractivity contribution in [3.05, 3.63) is 87.4 Å². The number of aryl methyl sites for hydroxylation is 1. The van der Waals surface area contributed by atoms with E-state index in [0.29, 0.717) is 49.3 Å². The molecule has 0 bridgehead atoms. The van der Waals surface area contributed by atoms with Crippen molar-refractivity contribution < 1.29 is 18.7 Å². The molecule has 0 aliphatic carbocycles. The minimum atomic E-state index is -0.822. The van der Waals surface area contributed by atoms with Gasteiger partial charge in [-0.05, 0) is 41.7 Å². The van der Waals surface area contributed by atoms with Crippen LogP contribution < -0.4 is 16.0 Å². The molecule has 190 valence electrons. The summed E-state index contributed by atoms with van der Waals surface area (Å²) in [5.41, 5.74) is 7.85. The first-order chi connectivity index (χ1) is 16.9. The maximum absolute atomic E-state index is 16.0. The SMILES string of the molecule is Cl.NC(=O)c1ccc(CCCO)c(F)c1-c1c(Cl)c(F)cc2c1CC1(c3ccccc3)CNCCN21. The van der Waals surface area contributed by atoms with E-state index < -0.39 is 23.1 Å². The van der Waals surface area contributed by atoms with Gasteiger partial charge in [-0.1, -0.05) is 48.0 Å². The molecule has 1 saturated heterocycles. The number of piperazine rings is 1. The van der Waals surface area contributed by atoms with Gasteiger partial charge in [0.1, 0.15) is 11.6 Å². The van der Waals surface area contributed by atoms with Gasteiger partial charge < -0.3 is 21.1 Å². The van der Waals surface area contributed by atoms with Crippen LogP contribution in [0.4, 0.5) is 14.5 Å². The fourth-order valence-corrected chi connectivity index (χ4v) is 5.83. The zero-order valence-electron chi connectivity index (χ0n) is 19.5. The molecule has 2 heterocycles. The highest BCUT2D eigenvalue weighted by atomic mass is 35.5. The molecular formula is C27H27Cl2F2N3O2.